The Labute approximate surface area is 167 Å². The maximum Gasteiger partial charge on any atom is 0.167 e. The summed E-state index contributed by atoms with van der Waals surface area (Å²) >= 11 is 3.47. The topological polar surface area (TPSA) is 47.0 Å². The van der Waals surface area contributed by atoms with E-state index >= 15 is 0 Å². The van der Waals surface area contributed by atoms with Crippen LogP contribution in [0.1, 0.15) is 33.5 Å². The van der Waals surface area contributed by atoms with Crippen LogP contribution in [0.2, 0.25) is 0 Å². The molecular weight excluding hydrogens is 402 g/mol. The number of aryl methyl sites for hydroxylation is 1. The molecule has 0 spiro atoms. The highest BCUT2D eigenvalue weighted by Gasteiger charge is 2.10. The van der Waals surface area contributed by atoms with E-state index in [1.807, 2.05) is 60.7 Å². The van der Waals surface area contributed by atoms with Crippen LogP contribution in [0, 0.1) is 0 Å². The Bertz CT molecular complexity index is 921. The SMILES string of the molecule is O=C(CCc1cccnc1)Cc1ccc(C(=O)Cc2ccccc2Br)cc1. The van der Waals surface area contributed by atoms with Crippen LogP contribution < -0.4 is 0 Å². The first kappa shape index (κ1) is 19.2. The molecule has 3 rings (SSSR count). The van der Waals surface area contributed by atoms with Gasteiger partial charge in [0.05, 0.1) is 0 Å². The van der Waals surface area contributed by atoms with Crippen molar-refractivity contribution >= 4 is 27.5 Å². The van der Waals surface area contributed by atoms with Crippen LogP contribution in [0.4, 0.5) is 0 Å². The average Bonchev–Trinajstić information content (AvgIpc) is 2.69. The average molecular weight is 422 g/mol. The van der Waals surface area contributed by atoms with E-state index in [1.54, 1.807) is 12.4 Å². The van der Waals surface area contributed by atoms with Gasteiger partial charge in [-0.05, 0) is 35.2 Å². The van der Waals surface area contributed by atoms with Crippen molar-refractivity contribution in [3.63, 3.8) is 0 Å². The third kappa shape index (κ3) is 5.69. The predicted octanol–water partition coefficient (Wildman–Crippen LogP) is 5.01. The highest BCUT2D eigenvalue weighted by Crippen LogP contribution is 2.18. The molecule has 3 nitrogen and oxygen atoms in total. The fourth-order valence-corrected chi connectivity index (χ4v) is 3.30. The van der Waals surface area contributed by atoms with Crippen molar-refractivity contribution in [3.8, 4) is 0 Å². The van der Waals surface area contributed by atoms with Crippen LogP contribution in [0.25, 0.3) is 0 Å². The molecule has 27 heavy (non-hydrogen) atoms. The van der Waals surface area contributed by atoms with Gasteiger partial charge in [-0.15, -0.1) is 0 Å². The first-order chi connectivity index (χ1) is 13.1. The zero-order valence-electron chi connectivity index (χ0n) is 14.9. The second kappa shape index (κ2) is 9.38. The lowest BCUT2D eigenvalue weighted by Gasteiger charge is -2.06. The van der Waals surface area contributed by atoms with Crippen molar-refractivity contribution in [1.29, 1.82) is 0 Å². The first-order valence-electron chi connectivity index (χ1n) is 8.88. The van der Waals surface area contributed by atoms with Crippen LogP contribution in [-0.4, -0.2) is 16.6 Å². The Morgan fingerprint density at radius 2 is 1.63 bits per heavy atom. The lowest BCUT2D eigenvalue weighted by Crippen LogP contribution is -2.06. The number of nitrogens with zero attached hydrogens (tertiary/aromatic N) is 1. The molecular formula is C23H20BrNO2. The van der Waals surface area contributed by atoms with E-state index < -0.39 is 0 Å². The molecule has 2 aromatic carbocycles. The quantitative estimate of drug-likeness (QED) is 0.480. The molecule has 1 heterocycles. The molecule has 0 atom stereocenters. The largest absolute Gasteiger partial charge is 0.299 e. The van der Waals surface area contributed by atoms with Crippen molar-refractivity contribution < 1.29 is 9.59 Å². The monoisotopic (exact) mass is 421 g/mol. The summed E-state index contributed by atoms with van der Waals surface area (Å²) in [5.74, 6) is 0.252. The van der Waals surface area contributed by atoms with Crippen molar-refractivity contribution in [2.45, 2.75) is 25.7 Å². The highest BCUT2D eigenvalue weighted by atomic mass is 79.9. The van der Waals surface area contributed by atoms with Gasteiger partial charge in [0.2, 0.25) is 0 Å². The van der Waals surface area contributed by atoms with Gasteiger partial charge in [-0.3, -0.25) is 14.6 Å². The second-order valence-electron chi connectivity index (χ2n) is 6.47. The van der Waals surface area contributed by atoms with E-state index in [2.05, 4.69) is 20.9 Å². The minimum atomic E-state index is 0.0661. The Morgan fingerprint density at radius 3 is 2.33 bits per heavy atom. The third-order valence-electron chi connectivity index (χ3n) is 4.40. The molecule has 4 heteroatoms. The predicted molar refractivity (Wildman–Crippen MR) is 110 cm³/mol. The molecule has 0 unspecified atom stereocenters. The summed E-state index contributed by atoms with van der Waals surface area (Å²) in [6, 6.07) is 18.9. The molecule has 0 aliphatic carbocycles. The minimum absolute atomic E-state index is 0.0661. The number of rotatable bonds is 8. The van der Waals surface area contributed by atoms with Crippen molar-refractivity contribution in [2.75, 3.05) is 0 Å². The molecule has 0 saturated heterocycles. The number of halogens is 1. The summed E-state index contributed by atoms with van der Waals surface area (Å²) in [6.45, 7) is 0. The van der Waals surface area contributed by atoms with Gasteiger partial charge < -0.3 is 0 Å². The van der Waals surface area contributed by atoms with E-state index in [9.17, 15) is 9.59 Å². The van der Waals surface area contributed by atoms with Gasteiger partial charge >= 0.3 is 0 Å². The van der Waals surface area contributed by atoms with Gasteiger partial charge in [0, 0.05) is 41.7 Å². The Morgan fingerprint density at radius 1 is 0.852 bits per heavy atom. The number of aromatic nitrogens is 1. The fraction of sp³-hybridized carbons (Fsp3) is 0.174. The molecule has 0 N–H and O–H groups in total. The zero-order valence-corrected chi connectivity index (χ0v) is 16.5. The summed E-state index contributed by atoms with van der Waals surface area (Å²) in [7, 11) is 0. The van der Waals surface area contributed by atoms with Crippen LogP contribution in [0.3, 0.4) is 0 Å². The summed E-state index contributed by atoms with van der Waals surface area (Å²) < 4.78 is 0.939. The molecule has 0 bridgehead atoms. The number of carbonyl (C=O) groups is 2. The van der Waals surface area contributed by atoms with E-state index in [4.69, 9.17) is 0 Å². The first-order valence-corrected chi connectivity index (χ1v) is 9.67. The molecule has 0 amide bonds. The Balaban J connectivity index is 1.54. The number of benzene rings is 2. The van der Waals surface area contributed by atoms with Crippen LogP contribution in [0.5, 0.6) is 0 Å². The van der Waals surface area contributed by atoms with Crippen LogP contribution in [-0.2, 0) is 24.1 Å². The maximum absolute atomic E-state index is 12.5. The van der Waals surface area contributed by atoms with Gasteiger partial charge in [0.15, 0.2) is 5.78 Å². The number of Topliss-reactive ketones (excluding diaryl/α,β-unsaturated/α-hetero) is 2. The maximum atomic E-state index is 12.5. The molecule has 0 saturated carbocycles. The third-order valence-corrected chi connectivity index (χ3v) is 5.17. The summed E-state index contributed by atoms with van der Waals surface area (Å²) in [4.78, 5) is 28.7. The van der Waals surface area contributed by atoms with Gasteiger partial charge in [0.25, 0.3) is 0 Å². The summed E-state index contributed by atoms with van der Waals surface area (Å²) in [6.07, 6.45) is 5.46. The molecule has 0 aliphatic rings. The zero-order chi connectivity index (χ0) is 19.1. The highest BCUT2D eigenvalue weighted by molar-refractivity contribution is 9.10. The molecule has 1 aromatic heterocycles. The normalized spacial score (nSPS) is 10.6. The molecule has 0 fully saturated rings. The van der Waals surface area contributed by atoms with E-state index in [1.165, 1.54) is 0 Å². The van der Waals surface area contributed by atoms with E-state index in [0.29, 0.717) is 31.2 Å². The van der Waals surface area contributed by atoms with Gasteiger partial charge in [0.1, 0.15) is 5.78 Å². The van der Waals surface area contributed by atoms with Crippen molar-refractivity contribution in [3.05, 3.63) is 99.8 Å². The van der Waals surface area contributed by atoms with Crippen LogP contribution >= 0.6 is 15.9 Å². The molecule has 136 valence electrons. The standard InChI is InChI=1S/C23H20BrNO2/c24-22-6-2-1-5-20(22)15-23(27)19-10-7-17(8-11-19)14-21(26)12-9-18-4-3-13-25-16-18/h1-8,10-11,13,16H,9,12,14-15H2. The minimum Gasteiger partial charge on any atom is -0.299 e. The Kier molecular flexibility index (Phi) is 6.66. The number of carbonyl (C=O) groups excluding carboxylic acids is 2. The number of ketones is 2. The molecule has 0 aliphatic heterocycles. The smallest absolute Gasteiger partial charge is 0.167 e. The molecule has 3 aromatic rings. The van der Waals surface area contributed by atoms with E-state index in [0.717, 1.165) is 21.2 Å². The summed E-state index contributed by atoms with van der Waals surface area (Å²) in [5.41, 5.74) is 3.64. The Hall–Kier alpha value is -2.59. The van der Waals surface area contributed by atoms with Gasteiger partial charge in [-0.1, -0.05) is 64.5 Å². The number of hydrogen-bond acceptors (Lipinski definition) is 3. The number of pyridine rings is 1. The van der Waals surface area contributed by atoms with Crippen LogP contribution in [0.15, 0.2) is 77.5 Å². The lowest BCUT2D eigenvalue weighted by molar-refractivity contribution is -0.118. The summed E-state index contributed by atoms with van der Waals surface area (Å²) in [5, 5.41) is 0. The van der Waals surface area contributed by atoms with Crippen molar-refractivity contribution in [2.24, 2.45) is 0 Å². The van der Waals surface area contributed by atoms with Gasteiger partial charge in [-0.2, -0.15) is 0 Å². The molecule has 0 radical (unpaired) electrons. The van der Waals surface area contributed by atoms with Gasteiger partial charge in [-0.25, -0.2) is 0 Å². The second-order valence-corrected chi connectivity index (χ2v) is 7.32. The fourth-order valence-electron chi connectivity index (χ4n) is 2.87. The van der Waals surface area contributed by atoms with Crippen molar-refractivity contribution in [1.82, 2.24) is 4.98 Å². The number of hydrogen-bond donors (Lipinski definition) is 0. The van der Waals surface area contributed by atoms with E-state index in [-0.39, 0.29) is 11.6 Å². The lowest BCUT2D eigenvalue weighted by atomic mass is 9.99.